The Hall–Kier alpha value is -2.91. The lowest BCUT2D eigenvalue weighted by molar-refractivity contribution is -0.138. The van der Waals surface area contributed by atoms with Crippen molar-refractivity contribution in [1.82, 2.24) is 10.2 Å². The third kappa shape index (κ3) is 6.11. The van der Waals surface area contributed by atoms with E-state index >= 15 is 0 Å². The van der Waals surface area contributed by atoms with Crippen molar-refractivity contribution in [2.24, 2.45) is 5.92 Å². The highest BCUT2D eigenvalue weighted by Gasteiger charge is 2.24. The van der Waals surface area contributed by atoms with Crippen LogP contribution in [0.25, 0.3) is 0 Å². The van der Waals surface area contributed by atoms with Gasteiger partial charge in [-0.2, -0.15) is 0 Å². The van der Waals surface area contributed by atoms with Gasteiger partial charge in [0.2, 0.25) is 0 Å². The van der Waals surface area contributed by atoms with Gasteiger partial charge in [-0.3, -0.25) is 9.59 Å². The molecule has 0 radical (unpaired) electrons. The van der Waals surface area contributed by atoms with Crippen molar-refractivity contribution in [2.75, 3.05) is 10.6 Å². The number of halogens is 2. The molecule has 2 aromatic carbocycles. The van der Waals surface area contributed by atoms with E-state index in [1.165, 1.54) is 5.56 Å². The molecule has 1 aliphatic carbocycles. The summed E-state index contributed by atoms with van der Waals surface area (Å²) in [6.45, 7) is 0. The van der Waals surface area contributed by atoms with Crippen LogP contribution in [0.15, 0.2) is 51.4 Å². The van der Waals surface area contributed by atoms with Gasteiger partial charge in [-0.1, -0.05) is 44.8 Å². The summed E-state index contributed by atoms with van der Waals surface area (Å²) in [5.41, 5.74) is 2.38. The van der Waals surface area contributed by atoms with E-state index in [0.717, 1.165) is 30.2 Å². The van der Waals surface area contributed by atoms with Gasteiger partial charge < -0.3 is 20.2 Å². The highest BCUT2D eigenvalue weighted by atomic mass is 79.9. The van der Waals surface area contributed by atoms with Gasteiger partial charge in [0, 0.05) is 16.6 Å². The number of nitrogens with zero attached hydrogens (tertiary/aromatic N) is 2. The Bertz CT molecular complexity index is 1140. The molecule has 0 aliphatic heterocycles. The molecule has 1 fully saturated rings. The van der Waals surface area contributed by atoms with Crippen LogP contribution in [-0.4, -0.2) is 27.2 Å². The normalized spacial score (nSPS) is 18.0. The zero-order valence-corrected chi connectivity index (χ0v) is 19.9. The molecular weight excluding hydrogens is 512 g/mol. The zero-order valence-electron chi connectivity index (χ0n) is 17.6. The number of hydrogen-bond donors (Lipinski definition) is 3. The van der Waals surface area contributed by atoms with Crippen LogP contribution in [-0.2, 0) is 4.79 Å². The van der Waals surface area contributed by atoms with E-state index < -0.39 is 11.9 Å². The molecular formula is C23H22BrClN4O4. The fraction of sp³-hybridized carbons (Fsp3) is 0.304. The minimum atomic E-state index is -0.722. The number of carboxylic acid groups (broad SMARTS) is 1. The lowest BCUT2D eigenvalue weighted by Gasteiger charge is -2.28. The number of carbonyl (C=O) groups is 2. The highest BCUT2D eigenvalue weighted by Crippen LogP contribution is 2.37. The molecule has 3 N–H and O–H groups in total. The van der Waals surface area contributed by atoms with Gasteiger partial charge in [0.05, 0.1) is 10.7 Å². The average molecular weight is 534 g/mol. The first-order chi connectivity index (χ1) is 15.9. The molecule has 3 aromatic rings. The Morgan fingerprint density at radius 2 is 1.82 bits per heavy atom. The maximum atomic E-state index is 12.5. The standard InChI is InChI=1S/C23H22BrClN4O4/c24-16-7-10-19(18(25)12-16)27-23-29-28-22(33-23)21(32)26-17-8-5-15(6-9-17)14-3-1-13(2-4-14)11-20(30)31/h5-10,12-14H,1-4,11H2,(H,26,32)(H,27,29)(H,30,31)/t13-,14-. The second-order valence-electron chi connectivity index (χ2n) is 8.05. The number of carboxylic acids is 1. The molecule has 1 saturated carbocycles. The van der Waals surface area contributed by atoms with E-state index in [2.05, 4.69) is 36.8 Å². The van der Waals surface area contributed by atoms with Crippen molar-refractivity contribution in [3.05, 3.63) is 63.4 Å². The Morgan fingerprint density at radius 1 is 1.09 bits per heavy atom. The van der Waals surface area contributed by atoms with Crippen LogP contribution in [0.1, 0.15) is 54.3 Å². The summed E-state index contributed by atoms with van der Waals surface area (Å²) in [6.07, 6.45) is 4.05. The topological polar surface area (TPSA) is 117 Å². The molecule has 0 atom stereocenters. The molecule has 8 nitrogen and oxygen atoms in total. The summed E-state index contributed by atoms with van der Waals surface area (Å²) in [7, 11) is 0. The van der Waals surface area contributed by atoms with Crippen LogP contribution in [0.5, 0.6) is 0 Å². The quantitative estimate of drug-likeness (QED) is 0.329. The maximum absolute atomic E-state index is 12.5. The van der Waals surface area contributed by atoms with Gasteiger partial charge in [0.15, 0.2) is 0 Å². The first kappa shape index (κ1) is 23.3. The van der Waals surface area contributed by atoms with Crippen molar-refractivity contribution in [2.45, 2.75) is 38.0 Å². The van der Waals surface area contributed by atoms with Crippen molar-refractivity contribution >= 4 is 56.8 Å². The van der Waals surface area contributed by atoms with Crippen LogP contribution in [0.4, 0.5) is 17.4 Å². The lowest BCUT2D eigenvalue weighted by Crippen LogP contribution is -2.16. The number of nitrogens with one attached hydrogen (secondary N) is 2. The Balaban J connectivity index is 1.32. The van der Waals surface area contributed by atoms with Gasteiger partial charge in [-0.15, -0.1) is 5.10 Å². The van der Waals surface area contributed by atoms with E-state index in [4.69, 9.17) is 21.1 Å². The highest BCUT2D eigenvalue weighted by molar-refractivity contribution is 9.10. The first-order valence-corrected chi connectivity index (χ1v) is 11.7. The molecule has 172 valence electrons. The van der Waals surface area contributed by atoms with Gasteiger partial charge in [-0.05, 0) is 73.4 Å². The first-order valence-electron chi connectivity index (χ1n) is 10.6. The molecule has 1 aliphatic rings. The SMILES string of the molecule is O=C(O)C[C@H]1CC[C@H](c2ccc(NC(=O)c3nnc(Nc4ccc(Br)cc4Cl)o3)cc2)CC1. The third-order valence-corrected chi connectivity index (χ3v) is 6.55. The smallest absolute Gasteiger partial charge is 0.320 e. The number of anilines is 3. The summed E-state index contributed by atoms with van der Waals surface area (Å²) in [4.78, 5) is 23.4. The minimum Gasteiger partial charge on any atom is -0.481 e. The van der Waals surface area contributed by atoms with Crippen LogP contribution in [0.2, 0.25) is 5.02 Å². The van der Waals surface area contributed by atoms with E-state index in [1.807, 2.05) is 30.3 Å². The molecule has 0 unspecified atom stereocenters. The van der Waals surface area contributed by atoms with Crippen molar-refractivity contribution in [1.29, 1.82) is 0 Å². The predicted molar refractivity (Wildman–Crippen MR) is 128 cm³/mol. The van der Waals surface area contributed by atoms with Gasteiger partial charge in [0.1, 0.15) is 0 Å². The number of benzene rings is 2. The lowest BCUT2D eigenvalue weighted by atomic mass is 9.77. The summed E-state index contributed by atoms with van der Waals surface area (Å²) in [6, 6.07) is 13.0. The molecule has 33 heavy (non-hydrogen) atoms. The predicted octanol–water partition coefficient (Wildman–Crippen LogP) is 6.23. The third-order valence-electron chi connectivity index (χ3n) is 5.74. The van der Waals surface area contributed by atoms with E-state index in [9.17, 15) is 9.59 Å². The summed E-state index contributed by atoms with van der Waals surface area (Å²) >= 11 is 9.50. The van der Waals surface area contributed by atoms with Crippen LogP contribution in [0, 0.1) is 5.92 Å². The van der Waals surface area contributed by atoms with Crippen molar-refractivity contribution in [3.63, 3.8) is 0 Å². The number of hydrogen-bond acceptors (Lipinski definition) is 6. The summed E-state index contributed by atoms with van der Waals surface area (Å²) in [5, 5.41) is 22.7. The summed E-state index contributed by atoms with van der Waals surface area (Å²) < 4.78 is 6.24. The molecule has 0 bridgehead atoms. The second-order valence-corrected chi connectivity index (χ2v) is 9.38. The van der Waals surface area contributed by atoms with Gasteiger partial charge >= 0.3 is 23.8 Å². The number of rotatable bonds is 7. The molecule has 0 spiro atoms. The second kappa shape index (κ2) is 10.4. The average Bonchev–Trinajstić information content (AvgIpc) is 3.25. The number of amides is 1. The molecule has 1 heterocycles. The van der Waals surface area contributed by atoms with E-state index in [-0.39, 0.29) is 24.2 Å². The molecule has 4 rings (SSSR count). The van der Waals surface area contributed by atoms with E-state index in [0.29, 0.717) is 22.3 Å². The monoisotopic (exact) mass is 532 g/mol. The molecule has 10 heteroatoms. The van der Waals surface area contributed by atoms with Crippen molar-refractivity contribution < 1.29 is 19.1 Å². The summed E-state index contributed by atoms with van der Waals surface area (Å²) in [5.74, 6) is -0.730. The molecule has 0 saturated heterocycles. The number of aromatic nitrogens is 2. The fourth-order valence-electron chi connectivity index (χ4n) is 4.04. The van der Waals surface area contributed by atoms with Crippen LogP contribution < -0.4 is 10.6 Å². The van der Waals surface area contributed by atoms with Crippen LogP contribution >= 0.6 is 27.5 Å². The minimum absolute atomic E-state index is 0.0539. The van der Waals surface area contributed by atoms with Crippen molar-refractivity contribution in [3.8, 4) is 0 Å². The Labute approximate surface area is 203 Å². The maximum Gasteiger partial charge on any atom is 0.320 e. The number of carbonyl (C=O) groups excluding carboxylic acids is 1. The zero-order chi connectivity index (χ0) is 23.4. The fourth-order valence-corrected chi connectivity index (χ4v) is 4.76. The molecule has 1 amide bonds. The Morgan fingerprint density at radius 3 is 2.48 bits per heavy atom. The van der Waals surface area contributed by atoms with Gasteiger partial charge in [0.25, 0.3) is 0 Å². The number of aliphatic carboxylic acids is 1. The largest absolute Gasteiger partial charge is 0.481 e. The molecule has 1 aromatic heterocycles. The van der Waals surface area contributed by atoms with Gasteiger partial charge in [-0.25, -0.2) is 0 Å². The Kier molecular flexibility index (Phi) is 7.29. The van der Waals surface area contributed by atoms with Crippen LogP contribution in [0.3, 0.4) is 0 Å². The van der Waals surface area contributed by atoms with E-state index in [1.54, 1.807) is 12.1 Å².